The number of carbonyl (C=O) groups is 2. The Hall–Kier alpha value is -1.62. The predicted octanol–water partition coefficient (Wildman–Crippen LogP) is 0.141. The number of ketones is 2. The molecule has 2 rings (SSSR count). The van der Waals surface area contributed by atoms with Gasteiger partial charge < -0.3 is 0 Å². The van der Waals surface area contributed by atoms with Crippen LogP contribution in [-0.2, 0) is 26.7 Å². The van der Waals surface area contributed by atoms with Gasteiger partial charge in [-0.2, -0.15) is 16.8 Å². The van der Waals surface area contributed by atoms with Crippen LogP contribution in [0.5, 0.6) is 0 Å². The summed E-state index contributed by atoms with van der Waals surface area (Å²) in [6.45, 7) is 1.66. The van der Waals surface area contributed by atoms with Gasteiger partial charge in [-0.05, 0) is 12.0 Å². The lowest BCUT2D eigenvalue weighted by Gasteiger charge is -2.27. The van der Waals surface area contributed by atoms with Gasteiger partial charge in [0, 0.05) is 11.1 Å². The highest BCUT2D eigenvalue weighted by molar-refractivity contribution is 7.91. The third kappa shape index (κ3) is 2.58. The predicted molar refractivity (Wildman–Crippen MR) is 75.2 cm³/mol. The number of Topliss-reactive ketones (excluding diaryl/α,β-unsaturated/α-hetero) is 2. The molecule has 1 aliphatic rings. The normalized spacial score (nSPS) is 22.5. The molecule has 10 heteroatoms. The average molecular weight is 348 g/mol. The Labute approximate surface area is 126 Å². The molecule has 0 saturated carbocycles. The number of fused-ring (bicyclic) bond motifs is 1. The van der Waals surface area contributed by atoms with E-state index in [0.717, 1.165) is 0 Å². The molecule has 1 aromatic rings. The van der Waals surface area contributed by atoms with Gasteiger partial charge >= 0.3 is 0 Å². The van der Waals surface area contributed by atoms with E-state index in [9.17, 15) is 31.0 Å². The largest absolute Gasteiger partial charge is 0.293 e. The zero-order valence-electron chi connectivity index (χ0n) is 11.3. The molecule has 2 atom stereocenters. The molecule has 0 spiro atoms. The van der Waals surface area contributed by atoms with Crippen LogP contribution in [0.1, 0.15) is 33.2 Å². The van der Waals surface area contributed by atoms with Gasteiger partial charge in [-0.25, -0.2) is 0 Å². The Balaban J connectivity index is 2.87. The Morgan fingerprint density at radius 1 is 0.955 bits per heavy atom. The van der Waals surface area contributed by atoms with Gasteiger partial charge in [0.2, 0.25) is 0 Å². The molecule has 8 nitrogen and oxygen atoms in total. The maximum atomic E-state index is 12.4. The highest BCUT2D eigenvalue weighted by atomic mass is 32.2. The first-order valence-corrected chi connectivity index (χ1v) is 9.13. The van der Waals surface area contributed by atoms with E-state index in [1.54, 1.807) is 6.92 Å². The fourth-order valence-electron chi connectivity index (χ4n) is 2.54. The second kappa shape index (κ2) is 5.23. The number of benzene rings is 1. The van der Waals surface area contributed by atoms with E-state index in [1.165, 1.54) is 18.2 Å². The van der Waals surface area contributed by atoms with Crippen LogP contribution in [0.15, 0.2) is 18.2 Å². The van der Waals surface area contributed by atoms with E-state index >= 15 is 0 Å². The van der Waals surface area contributed by atoms with Crippen molar-refractivity contribution in [1.82, 2.24) is 0 Å². The molecule has 0 saturated heterocycles. The summed E-state index contributed by atoms with van der Waals surface area (Å²) in [4.78, 5) is 24.6. The van der Waals surface area contributed by atoms with Crippen LogP contribution in [0.3, 0.4) is 0 Å². The zero-order valence-corrected chi connectivity index (χ0v) is 12.9. The van der Waals surface area contributed by atoms with Gasteiger partial charge in [0.15, 0.2) is 22.1 Å². The Morgan fingerprint density at radius 3 is 1.91 bits per heavy atom. The molecule has 1 aliphatic carbocycles. The van der Waals surface area contributed by atoms with Gasteiger partial charge in [0.05, 0.1) is 0 Å². The number of aryl methyl sites for hydroxylation is 1. The molecule has 0 aliphatic heterocycles. The van der Waals surface area contributed by atoms with Crippen molar-refractivity contribution in [2.24, 2.45) is 0 Å². The number of carbonyl (C=O) groups excluding carboxylic acids is 2. The Morgan fingerprint density at radius 2 is 1.45 bits per heavy atom. The van der Waals surface area contributed by atoms with Gasteiger partial charge in [-0.3, -0.25) is 18.7 Å². The number of hydrogen-bond acceptors (Lipinski definition) is 6. The third-order valence-corrected chi connectivity index (χ3v) is 5.91. The average Bonchev–Trinajstić information content (AvgIpc) is 2.38. The molecule has 2 N–H and O–H groups in total. The molecule has 0 amide bonds. The standard InChI is InChI=1S/C12H12O8S2/c1-2-6-4-3-5-7-8(6)10(14)12(22(18,19)20)11(9(7)13)21(15,16)17/h3-5,11-12H,2H2,1H3,(H,15,16,17)(H,18,19,20). The van der Waals surface area contributed by atoms with E-state index in [-0.39, 0.29) is 17.5 Å². The van der Waals surface area contributed by atoms with Crippen molar-refractivity contribution in [3.05, 3.63) is 34.9 Å². The van der Waals surface area contributed by atoms with Crippen LogP contribution >= 0.6 is 0 Å². The molecule has 120 valence electrons. The smallest absolute Gasteiger partial charge is 0.277 e. The molecule has 0 bridgehead atoms. The summed E-state index contributed by atoms with van der Waals surface area (Å²) in [5, 5.41) is -5.15. The zero-order chi connectivity index (χ0) is 16.9. The van der Waals surface area contributed by atoms with Crippen molar-refractivity contribution in [2.45, 2.75) is 23.8 Å². The third-order valence-electron chi connectivity index (χ3n) is 3.48. The van der Waals surface area contributed by atoms with Gasteiger partial charge in [0.1, 0.15) is 0 Å². The molecule has 0 heterocycles. The summed E-state index contributed by atoms with van der Waals surface area (Å²) in [6, 6.07) is 4.07. The highest BCUT2D eigenvalue weighted by Crippen LogP contribution is 2.31. The fraction of sp³-hybridized carbons (Fsp3) is 0.333. The van der Waals surface area contributed by atoms with Crippen molar-refractivity contribution in [3.8, 4) is 0 Å². The summed E-state index contributed by atoms with van der Waals surface area (Å²) in [5.41, 5.74) is -0.178. The molecular formula is C12H12O8S2. The minimum atomic E-state index is -5.22. The van der Waals surface area contributed by atoms with E-state index in [1.807, 2.05) is 0 Å². The van der Waals surface area contributed by atoms with Crippen molar-refractivity contribution in [2.75, 3.05) is 0 Å². The van der Waals surface area contributed by atoms with Gasteiger partial charge in [-0.15, -0.1) is 0 Å². The van der Waals surface area contributed by atoms with Crippen LogP contribution in [0, 0.1) is 0 Å². The minimum Gasteiger partial charge on any atom is -0.293 e. The fourth-order valence-corrected chi connectivity index (χ4v) is 5.04. The van der Waals surface area contributed by atoms with E-state index in [2.05, 4.69) is 0 Å². The summed E-state index contributed by atoms with van der Waals surface area (Å²) < 4.78 is 63.9. The van der Waals surface area contributed by atoms with Crippen LogP contribution in [0.2, 0.25) is 0 Å². The number of rotatable bonds is 3. The maximum absolute atomic E-state index is 12.4. The molecule has 1 aromatic carbocycles. The summed E-state index contributed by atoms with van der Waals surface area (Å²) in [5.74, 6) is -2.47. The van der Waals surface area contributed by atoms with Gasteiger partial charge in [0.25, 0.3) is 20.2 Å². The monoisotopic (exact) mass is 348 g/mol. The van der Waals surface area contributed by atoms with E-state index < -0.39 is 42.3 Å². The lowest BCUT2D eigenvalue weighted by Crippen LogP contribution is -2.53. The summed E-state index contributed by atoms with van der Waals surface area (Å²) in [6.07, 6.45) is 0.289. The lowest BCUT2D eigenvalue weighted by atomic mass is 9.85. The summed E-state index contributed by atoms with van der Waals surface area (Å²) >= 11 is 0. The van der Waals surface area contributed by atoms with Crippen LogP contribution in [-0.4, -0.2) is 48.0 Å². The van der Waals surface area contributed by atoms with Crippen molar-refractivity contribution in [1.29, 1.82) is 0 Å². The van der Waals surface area contributed by atoms with Gasteiger partial charge in [-0.1, -0.05) is 25.1 Å². The summed E-state index contributed by atoms with van der Waals surface area (Å²) in [7, 11) is -10.4. The lowest BCUT2D eigenvalue weighted by molar-refractivity contribution is 0.0890. The first-order chi connectivity index (χ1) is 10.00. The highest BCUT2D eigenvalue weighted by Gasteiger charge is 2.54. The maximum Gasteiger partial charge on any atom is 0.277 e. The quantitative estimate of drug-likeness (QED) is 0.734. The second-order valence-corrected chi connectivity index (χ2v) is 7.87. The number of hydrogen-bond donors (Lipinski definition) is 2. The van der Waals surface area contributed by atoms with Crippen molar-refractivity contribution >= 4 is 31.8 Å². The first kappa shape index (κ1) is 16.7. The Bertz CT molecular complexity index is 866. The van der Waals surface area contributed by atoms with Crippen molar-refractivity contribution in [3.63, 3.8) is 0 Å². The van der Waals surface area contributed by atoms with Crippen molar-refractivity contribution < 1.29 is 35.5 Å². The molecule has 0 radical (unpaired) electrons. The van der Waals surface area contributed by atoms with E-state index in [4.69, 9.17) is 4.55 Å². The molecular weight excluding hydrogens is 336 g/mol. The SMILES string of the molecule is CCc1cccc2c1C(=O)C(S(=O)(=O)O)C(S(=O)(=O)O)C2=O. The van der Waals surface area contributed by atoms with Crippen LogP contribution < -0.4 is 0 Å². The Kier molecular flexibility index (Phi) is 3.98. The molecule has 22 heavy (non-hydrogen) atoms. The first-order valence-electron chi connectivity index (χ1n) is 6.13. The van der Waals surface area contributed by atoms with E-state index in [0.29, 0.717) is 5.56 Å². The van der Waals surface area contributed by atoms with Crippen LogP contribution in [0.25, 0.3) is 0 Å². The second-order valence-electron chi connectivity index (χ2n) is 4.79. The topological polar surface area (TPSA) is 143 Å². The molecule has 2 unspecified atom stereocenters. The van der Waals surface area contributed by atoms with Crippen LogP contribution in [0.4, 0.5) is 0 Å². The minimum absolute atomic E-state index is 0.238. The molecule has 0 fully saturated rings. The molecule has 0 aromatic heterocycles.